The van der Waals surface area contributed by atoms with Gasteiger partial charge in [0.1, 0.15) is 19.3 Å². The maximum Gasteiger partial charge on any atom is 0.287 e. The molecule has 3 aromatic rings. The highest BCUT2D eigenvalue weighted by molar-refractivity contribution is 5.95. The van der Waals surface area contributed by atoms with Crippen LogP contribution in [0.5, 0.6) is 11.5 Å². The van der Waals surface area contributed by atoms with Gasteiger partial charge in [-0.05, 0) is 30.7 Å². The Morgan fingerprint density at radius 3 is 2.56 bits per heavy atom. The van der Waals surface area contributed by atoms with Crippen molar-refractivity contribution >= 4 is 11.8 Å². The molecule has 2 heterocycles. The number of likely N-dealkylation sites (N-methyl/N-ethyl adjacent to an activating group) is 1. The fourth-order valence-electron chi connectivity index (χ4n) is 3.72. The zero-order valence-corrected chi connectivity index (χ0v) is 18.0. The normalized spacial score (nSPS) is 13.3. The number of nitrogens with one attached hydrogen (secondary N) is 1. The monoisotopic (exact) mass is 434 g/mol. The standard InChI is InChI=1S/C25H26N2O5/c1-2-27(17-19-10-6-11-21-23(19)32-15-14-31-21)25(29)20(16-18-8-4-3-5-9-18)26-24(28)22-12-7-13-30-22/h3-13,20H,2,14-17H2,1H3,(H,26,28). The molecule has 0 saturated heterocycles. The third-order valence-corrected chi connectivity index (χ3v) is 5.33. The molecular weight excluding hydrogens is 408 g/mol. The Balaban J connectivity index is 1.56. The topological polar surface area (TPSA) is 81.0 Å². The number of benzene rings is 2. The third-order valence-electron chi connectivity index (χ3n) is 5.33. The van der Waals surface area contributed by atoms with Gasteiger partial charge in [-0.2, -0.15) is 0 Å². The summed E-state index contributed by atoms with van der Waals surface area (Å²) in [6, 6.07) is 17.8. The van der Waals surface area contributed by atoms with E-state index in [4.69, 9.17) is 13.9 Å². The molecule has 0 bridgehead atoms. The van der Waals surface area contributed by atoms with Crippen LogP contribution in [-0.2, 0) is 17.8 Å². The molecule has 0 saturated carbocycles. The lowest BCUT2D eigenvalue weighted by molar-refractivity contribution is -0.133. The number of ether oxygens (including phenoxy) is 2. The van der Waals surface area contributed by atoms with Crippen LogP contribution in [0.2, 0.25) is 0 Å². The minimum absolute atomic E-state index is 0.168. The van der Waals surface area contributed by atoms with Crippen LogP contribution in [0.25, 0.3) is 0 Å². The quantitative estimate of drug-likeness (QED) is 0.587. The highest BCUT2D eigenvalue weighted by Gasteiger charge is 2.28. The zero-order valence-electron chi connectivity index (χ0n) is 18.0. The van der Waals surface area contributed by atoms with Crippen LogP contribution in [0.15, 0.2) is 71.3 Å². The average Bonchev–Trinajstić information content (AvgIpc) is 3.38. The van der Waals surface area contributed by atoms with Crippen molar-refractivity contribution in [1.82, 2.24) is 10.2 Å². The van der Waals surface area contributed by atoms with E-state index in [9.17, 15) is 9.59 Å². The van der Waals surface area contributed by atoms with E-state index < -0.39 is 11.9 Å². The average molecular weight is 434 g/mol. The van der Waals surface area contributed by atoms with Crippen LogP contribution in [-0.4, -0.2) is 42.5 Å². The van der Waals surface area contributed by atoms with Crippen molar-refractivity contribution in [2.75, 3.05) is 19.8 Å². The number of nitrogens with zero attached hydrogens (tertiary/aromatic N) is 1. The molecule has 1 unspecified atom stereocenters. The van der Waals surface area contributed by atoms with Gasteiger partial charge >= 0.3 is 0 Å². The molecule has 2 amide bonds. The molecule has 4 rings (SSSR count). The molecule has 2 aromatic carbocycles. The van der Waals surface area contributed by atoms with E-state index >= 15 is 0 Å². The molecule has 166 valence electrons. The van der Waals surface area contributed by atoms with Gasteiger partial charge in [-0.25, -0.2) is 0 Å². The van der Waals surface area contributed by atoms with Gasteiger partial charge in [-0.3, -0.25) is 9.59 Å². The Morgan fingerprint density at radius 1 is 1.00 bits per heavy atom. The fourth-order valence-corrected chi connectivity index (χ4v) is 3.72. The smallest absolute Gasteiger partial charge is 0.287 e. The maximum absolute atomic E-state index is 13.6. The van der Waals surface area contributed by atoms with E-state index in [1.54, 1.807) is 17.0 Å². The minimum atomic E-state index is -0.744. The molecule has 0 radical (unpaired) electrons. The van der Waals surface area contributed by atoms with E-state index in [1.807, 2.05) is 55.5 Å². The molecule has 0 fully saturated rings. The Hall–Kier alpha value is -3.74. The first-order chi connectivity index (χ1) is 15.7. The van der Waals surface area contributed by atoms with Crippen molar-refractivity contribution in [2.24, 2.45) is 0 Å². The molecule has 1 atom stereocenters. The number of hydrogen-bond acceptors (Lipinski definition) is 5. The molecular formula is C25H26N2O5. The fraction of sp³-hybridized carbons (Fsp3) is 0.280. The van der Waals surface area contributed by atoms with Gasteiger partial charge in [-0.1, -0.05) is 42.5 Å². The van der Waals surface area contributed by atoms with Crippen molar-refractivity contribution in [2.45, 2.75) is 25.9 Å². The number of amides is 2. The molecule has 32 heavy (non-hydrogen) atoms. The lowest BCUT2D eigenvalue weighted by atomic mass is 10.0. The lowest BCUT2D eigenvalue weighted by Gasteiger charge is -2.29. The summed E-state index contributed by atoms with van der Waals surface area (Å²) in [7, 11) is 0. The molecule has 7 heteroatoms. The predicted octanol–water partition coefficient (Wildman–Crippen LogP) is 3.44. The number of carbonyl (C=O) groups is 2. The highest BCUT2D eigenvalue weighted by atomic mass is 16.6. The molecule has 0 aliphatic carbocycles. The van der Waals surface area contributed by atoms with Gasteiger partial charge in [0.2, 0.25) is 5.91 Å². The molecule has 1 aliphatic rings. The van der Waals surface area contributed by atoms with Crippen LogP contribution in [0.3, 0.4) is 0 Å². The first-order valence-corrected chi connectivity index (χ1v) is 10.7. The number of furan rings is 1. The molecule has 1 N–H and O–H groups in total. The van der Waals surface area contributed by atoms with Crippen molar-refractivity contribution in [3.8, 4) is 11.5 Å². The van der Waals surface area contributed by atoms with Gasteiger partial charge in [0, 0.05) is 25.1 Å². The summed E-state index contributed by atoms with van der Waals surface area (Å²) >= 11 is 0. The Labute approximate surface area is 186 Å². The summed E-state index contributed by atoms with van der Waals surface area (Å²) in [5, 5.41) is 2.85. The number of para-hydroxylation sites is 1. The number of hydrogen-bond donors (Lipinski definition) is 1. The van der Waals surface area contributed by atoms with E-state index in [2.05, 4.69) is 5.32 Å². The van der Waals surface area contributed by atoms with Crippen molar-refractivity contribution in [3.05, 3.63) is 83.8 Å². The summed E-state index contributed by atoms with van der Waals surface area (Å²) in [5.41, 5.74) is 1.82. The van der Waals surface area contributed by atoms with Gasteiger partial charge in [0.05, 0.1) is 6.26 Å². The predicted molar refractivity (Wildman–Crippen MR) is 119 cm³/mol. The van der Waals surface area contributed by atoms with Crippen LogP contribution in [0.1, 0.15) is 28.6 Å². The van der Waals surface area contributed by atoms with Crippen molar-refractivity contribution in [1.29, 1.82) is 0 Å². The van der Waals surface area contributed by atoms with Crippen LogP contribution >= 0.6 is 0 Å². The van der Waals surface area contributed by atoms with Crippen molar-refractivity contribution in [3.63, 3.8) is 0 Å². The van der Waals surface area contributed by atoms with Gasteiger partial charge in [0.25, 0.3) is 5.91 Å². The minimum Gasteiger partial charge on any atom is -0.486 e. The SMILES string of the molecule is CCN(Cc1cccc2c1OCCO2)C(=O)C(Cc1ccccc1)NC(=O)c1ccco1. The zero-order chi connectivity index (χ0) is 22.3. The Morgan fingerprint density at radius 2 is 1.81 bits per heavy atom. The molecule has 1 aromatic heterocycles. The van der Waals surface area contributed by atoms with E-state index in [0.29, 0.717) is 44.2 Å². The van der Waals surface area contributed by atoms with Crippen LogP contribution < -0.4 is 14.8 Å². The summed E-state index contributed by atoms with van der Waals surface area (Å²) in [6.07, 6.45) is 1.80. The second-order valence-corrected chi connectivity index (χ2v) is 7.49. The maximum atomic E-state index is 13.6. The van der Waals surface area contributed by atoms with E-state index in [-0.39, 0.29) is 11.7 Å². The molecule has 1 aliphatic heterocycles. The van der Waals surface area contributed by atoms with Crippen LogP contribution in [0, 0.1) is 0 Å². The number of rotatable bonds is 8. The van der Waals surface area contributed by atoms with Crippen LogP contribution in [0.4, 0.5) is 0 Å². The number of carbonyl (C=O) groups excluding carboxylic acids is 2. The van der Waals surface area contributed by atoms with E-state index in [1.165, 1.54) is 6.26 Å². The summed E-state index contributed by atoms with van der Waals surface area (Å²) < 4.78 is 16.7. The third kappa shape index (κ3) is 4.94. The second kappa shape index (κ2) is 10.0. The Bertz CT molecular complexity index is 1050. The van der Waals surface area contributed by atoms with Gasteiger partial charge < -0.3 is 24.1 Å². The lowest BCUT2D eigenvalue weighted by Crippen LogP contribution is -2.49. The largest absolute Gasteiger partial charge is 0.486 e. The first kappa shape index (κ1) is 21.5. The number of fused-ring (bicyclic) bond motifs is 1. The summed E-state index contributed by atoms with van der Waals surface area (Å²) in [6.45, 7) is 3.72. The second-order valence-electron chi connectivity index (χ2n) is 7.49. The van der Waals surface area contributed by atoms with Gasteiger partial charge in [-0.15, -0.1) is 0 Å². The summed E-state index contributed by atoms with van der Waals surface area (Å²) in [5.74, 6) is 0.926. The highest BCUT2D eigenvalue weighted by Crippen LogP contribution is 2.34. The molecule has 7 nitrogen and oxygen atoms in total. The first-order valence-electron chi connectivity index (χ1n) is 10.7. The Kier molecular flexibility index (Phi) is 6.75. The van der Waals surface area contributed by atoms with Crippen molar-refractivity contribution < 1.29 is 23.5 Å². The van der Waals surface area contributed by atoms with Gasteiger partial charge in [0.15, 0.2) is 17.3 Å². The summed E-state index contributed by atoms with van der Waals surface area (Å²) in [4.78, 5) is 27.9. The van der Waals surface area contributed by atoms with E-state index in [0.717, 1.165) is 11.1 Å². The molecule has 0 spiro atoms.